The van der Waals surface area contributed by atoms with Crippen LogP contribution in [0.25, 0.3) is 0 Å². The van der Waals surface area contributed by atoms with E-state index in [0.29, 0.717) is 13.0 Å². The number of amides is 2. The molecular weight excluding hydrogens is 617 g/mol. The molecule has 230 valence electrons. The molecule has 0 radical (unpaired) electrons. The normalized spacial score (nSPS) is 11.9. The molecule has 4 rings (SSSR count). The van der Waals surface area contributed by atoms with Gasteiger partial charge in [0.05, 0.1) is 20.6 Å². The number of rotatable bonds is 13. The number of carbonyl (C=O) groups excluding carboxylic acids is 2. The standard InChI is InChI=1S/C34H35Cl2N3O4S/c1-3-21-37-34(41)31(22-26-11-6-4-7-12-26)38(23-27-13-8-5-9-14-27)32(40)24-39(30-16-10-15-29(35)33(30)36)44(42,43)28-19-17-25(2)18-20-28/h4-20,31H,3,21-24H2,1-2H3,(H,37,41). The molecule has 0 saturated heterocycles. The number of nitrogens with zero attached hydrogens (tertiary/aromatic N) is 2. The first-order chi connectivity index (χ1) is 21.1. The Morgan fingerprint density at radius 3 is 2.05 bits per heavy atom. The van der Waals surface area contributed by atoms with Crippen LogP contribution in [-0.4, -0.2) is 44.3 Å². The van der Waals surface area contributed by atoms with Crippen molar-refractivity contribution in [3.8, 4) is 0 Å². The van der Waals surface area contributed by atoms with Crippen molar-refractivity contribution in [1.29, 1.82) is 0 Å². The highest BCUT2D eigenvalue weighted by Crippen LogP contribution is 2.35. The number of aryl methyl sites for hydroxylation is 1. The number of nitrogens with one attached hydrogen (secondary N) is 1. The van der Waals surface area contributed by atoms with Crippen molar-refractivity contribution < 1.29 is 18.0 Å². The number of hydrogen-bond acceptors (Lipinski definition) is 4. The summed E-state index contributed by atoms with van der Waals surface area (Å²) >= 11 is 12.9. The van der Waals surface area contributed by atoms with Gasteiger partial charge < -0.3 is 10.2 Å². The maximum Gasteiger partial charge on any atom is 0.264 e. The molecule has 0 fully saturated rings. The van der Waals surface area contributed by atoms with E-state index in [1.165, 1.54) is 23.1 Å². The SMILES string of the molecule is CCCNC(=O)C(Cc1ccccc1)N(Cc1ccccc1)C(=O)CN(c1cccc(Cl)c1Cl)S(=O)(=O)c1ccc(C)cc1. The quantitative estimate of drug-likeness (QED) is 0.175. The summed E-state index contributed by atoms with van der Waals surface area (Å²) in [6.07, 6.45) is 0.948. The van der Waals surface area contributed by atoms with Gasteiger partial charge in [-0.15, -0.1) is 0 Å². The minimum atomic E-state index is -4.29. The fraction of sp³-hybridized carbons (Fsp3) is 0.235. The molecule has 1 unspecified atom stereocenters. The van der Waals surface area contributed by atoms with Crippen LogP contribution in [0, 0.1) is 6.92 Å². The Balaban J connectivity index is 1.81. The lowest BCUT2D eigenvalue weighted by Gasteiger charge is -2.34. The Morgan fingerprint density at radius 2 is 1.43 bits per heavy atom. The zero-order valence-corrected chi connectivity index (χ0v) is 26.9. The first-order valence-electron chi connectivity index (χ1n) is 14.3. The van der Waals surface area contributed by atoms with Gasteiger partial charge in [-0.3, -0.25) is 13.9 Å². The van der Waals surface area contributed by atoms with Gasteiger partial charge in [0.15, 0.2) is 0 Å². The molecule has 0 aliphatic rings. The topological polar surface area (TPSA) is 86.8 Å². The first-order valence-corrected chi connectivity index (χ1v) is 16.5. The second-order valence-electron chi connectivity index (χ2n) is 10.4. The molecule has 0 aliphatic carbocycles. The first kappa shape index (κ1) is 33.1. The van der Waals surface area contributed by atoms with E-state index < -0.39 is 28.5 Å². The van der Waals surface area contributed by atoms with Crippen LogP contribution >= 0.6 is 23.2 Å². The summed E-state index contributed by atoms with van der Waals surface area (Å²) in [5.41, 5.74) is 2.58. The smallest absolute Gasteiger partial charge is 0.264 e. The van der Waals surface area contributed by atoms with Crippen LogP contribution in [0.3, 0.4) is 0 Å². The molecule has 2 amide bonds. The third-order valence-electron chi connectivity index (χ3n) is 7.10. The summed E-state index contributed by atoms with van der Waals surface area (Å²) in [6.45, 7) is 3.70. The van der Waals surface area contributed by atoms with Crippen molar-refractivity contribution in [3.05, 3.63) is 130 Å². The van der Waals surface area contributed by atoms with Gasteiger partial charge in [-0.1, -0.05) is 115 Å². The van der Waals surface area contributed by atoms with E-state index in [9.17, 15) is 18.0 Å². The molecule has 1 N–H and O–H groups in total. The average Bonchev–Trinajstić information content (AvgIpc) is 3.03. The molecule has 4 aromatic carbocycles. The van der Waals surface area contributed by atoms with Gasteiger partial charge in [-0.2, -0.15) is 0 Å². The highest BCUT2D eigenvalue weighted by atomic mass is 35.5. The number of sulfonamides is 1. The third kappa shape index (κ3) is 8.20. The molecule has 0 aliphatic heterocycles. The monoisotopic (exact) mass is 651 g/mol. The van der Waals surface area contributed by atoms with Crippen molar-refractivity contribution in [3.63, 3.8) is 0 Å². The highest BCUT2D eigenvalue weighted by Gasteiger charge is 2.35. The molecule has 0 spiro atoms. The van der Waals surface area contributed by atoms with E-state index in [1.54, 1.807) is 24.3 Å². The maximum absolute atomic E-state index is 14.4. The fourth-order valence-electron chi connectivity index (χ4n) is 4.74. The zero-order chi connectivity index (χ0) is 31.7. The Labute approximate surface area is 269 Å². The molecular formula is C34H35Cl2N3O4S. The lowest BCUT2D eigenvalue weighted by Crippen LogP contribution is -2.53. The minimum Gasteiger partial charge on any atom is -0.354 e. The number of benzene rings is 4. The molecule has 44 heavy (non-hydrogen) atoms. The summed E-state index contributed by atoms with van der Waals surface area (Å²) in [4.78, 5) is 29.5. The Morgan fingerprint density at radius 1 is 0.818 bits per heavy atom. The Bertz CT molecular complexity index is 1670. The van der Waals surface area contributed by atoms with Crippen molar-refractivity contribution >= 4 is 50.7 Å². The van der Waals surface area contributed by atoms with Crippen molar-refractivity contribution in [1.82, 2.24) is 10.2 Å². The van der Waals surface area contributed by atoms with Crippen LogP contribution in [0.1, 0.15) is 30.0 Å². The summed E-state index contributed by atoms with van der Waals surface area (Å²) in [7, 11) is -4.29. The minimum absolute atomic E-state index is 0.00575. The van der Waals surface area contributed by atoms with E-state index in [4.69, 9.17) is 23.2 Å². The molecule has 10 heteroatoms. The van der Waals surface area contributed by atoms with E-state index in [-0.39, 0.29) is 39.5 Å². The number of hydrogen-bond donors (Lipinski definition) is 1. The highest BCUT2D eigenvalue weighted by molar-refractivity contribution is 7.92. The van der Waals surface area contributed by atoms with E-state index in [2.05, 4.69) is 5.32 Å². The van der Waals surface area contributed by atoms with Gasteiger partial charge in [-0.05, 0) is 48.7 Å². The van der Waals surface area contributed by atoms with Crippen molar-refractivity contribution in [2.24, 2.45) is 0 Å². The largest absolute Gasteiger partial charge is 0.354 e. The van der Waals surface area contributed by atoms with Gasteiger partial charge in [0, 0.05) is 19.5 Å². The second kappa shape index (κ2) is 15.2. The number of anilines is 1. The maximum atomic E-state index is 14.4. The van der Waals surface area contributed by atoms with Crippen LogP contribution in [0.2, 0.25) is 10.0 Å². The summed E-state index contributed by atoms with van der Waals surface area (Å²) < 4.78 is 29.2. The zero-order valence-electron chi connectivity index (χ0n) is 24.6. The van der Waals surface area contributed by atoms with Crippen LogP contribution in [-0.2, 0) is 32.6 Å². The summed E-state index contributed by atoms with van der Waals surface area (Å²) in [5, 5.41) is 3.07. The lowest BCUT2D eigenvalue weighted by molar-refractivity contribution is -0.140. The van der Waals surface area contributed by atoms with E-state index in [0.717, 1.165) is 21.0 Å². The molecule has 0 aromatic heterocycles. The van der Waals surface area contributed by atoms with Crippen LogP contribution < -0.4 is 9.62 Å². The molecule has 4 aromatic rings. The summed E-state index contributed by atoms with van der Waals surface area (Å²) in [6, 6.07) is 28.7. The van der Waals surface area contributed by atoms with Crippen LogP contribution in [0.4, 0.5) is 5.69 Å². The van der Waals surface area contributed by atoms with Crippen molar-refractivity contribution in [2.75, 3.05) is 17.4 Å². The van der Waals surface area contributed by atoms with Crippen molar-refractivity contribution in [2.45, 2.75) is 44.2 Å². The molecule has 0 saturated carbocycles. The second-order valence-corrected chi connectivity index (χ2v) is 13.0. The lowest BCUT2D eigenvalue weighted by atomic mass is 10.0. The Hall–Kier alpha value is -3.85. The predicted octanol–water partition coefficient (Wildman–Crippen LogP) is 6.66. The van der Waals surface area contributed by atoms with Crippen LogP contribution in [0.15, 0.2) is 108 Å². The molecule has 1 atom stereocenters. The van der Waals surface area contributed by atoms with Gasteiger partial charge in [0.2, 0.25) is 11.8 Å². The predicted molar refractivity (Wildman–Crippen MR) is 176 cm³/mol. The number of carbonyl (C=O) groups is 2. The molecule has 0 heterocycles. The van der Waals surface area contributed by atoms with Gasteiger partial charge in [-0.25, -0.2) is 8.42 Å². The van der Waals surface area contributed by atoms with E-state index in [1.807, 2.05) is 74.5 Å². The van der Waals surface area contributed by atoms with Gasteiger partial charge >= 0.3 is 0 Å². The van der Waals surface area contributed by atoms with Gasteiger partial charge in [0.25, 0.3) is 10.0 Å². The fourth-order valence-corrected chi connectivity index (χ4v) is 6.61. The summed E-state index contributed by atoms with van der Waals surface area (Å²) in [5.74, 6) is -0.901. The Kier molecular flexibility index (Phi) is 11.4. The molecule has 0 bridgehead atoms. The average molecular weight is 653 g/mol. The number of halogens is 2. The third-order valence-corrected chi connectivity index (χ3v) is 9.69. The van der Waals surface area contributed by atoms with Gasteiger partial charge in [0.1, 0.15) is 12.6 Å². The van der Waals surface area contributed by atoms with E-state index >= 15 is 0 Å². The molecule has 7 nitrogen and oxygen atoms in total. The van der Waals surface area contributed by atoms with Crippen LogP contribution in [0.5, 0.6) is 0 Å².